The number of likely N-dealkylation sites (tertiary alicyclic amines) is 1. The largest absolute Gasteiger partial charge is 0.490 e. The van der Waals surface area contributed by atoms with Gasteiger partial charge in [-0.05, 0) is 46.2 Å². The number of aliphatic hydroxyl groups is 1. The molecule has 1 aliphatic heterocycles. The summed E-state index contributed by atoms with van der Waals surface area (Å²) in [5, 5.41) is 13.1. The van der Waals surface area contributed by atoms with Crippen molar-refractivity contribution in [1.82, 2.24) is 14.9 Å². The molecule has 0 radical (unpaired) electrons. The van der Waals surface area contributed by atoms with E-state index in [1.165, 1.54) is 32.2 Å². The number of methoxy groups -OCH3 is 1. The maximum Gasteiger partial charge on any atom is 0.303 e. The molecular formula is C28H32F4N4O4. The number of benzene rings is 2. The number of nitrogens with one attached hydrogen (secondary N) is 1. The van der Waals surface area contributed by atoms with Crippen LogP contribution in [0.5, 0.6) is 11.5 Å². The monoisotopic (exact) mass is 564 g/mol. The smallest absolute Gasteiger partial charge is 0.303 e. The summed E-state index contributed by atoms with van der Waals surface area (Å²) in [6.07, 6.45) is 0.990. The molecule has 0 saturated carbocycles. The lowest BCUT2D eigenvalue weighted by Gasteiger charge is -2.30. The van der Waals surface area contributed by atoms with Crippen molar-refractivity contribution in [3.05, 3.63) is 52.9 Å². The number of likely N-dealkylation sites (N-methyl/N-ethyl adjacent to an activating group) is 1. The molecule has 216 valence electrons. The number of rotatable bonds is 9. The Hall–Kier alpha value is -3.67. The van der Waals surface area contributed by atoms with E-state index in [-0.39, 0.29) is 58.2 Å². The minimum atomic E-state index is -3.87. The first-order chi connectivity index (χ1) is 18.7. The van der Waals surface area contributed by atoms with Gasteiger partial charge >= 0.3 is 5.92 Å². The highest BCUT2D eigenvalue weighted by Crippen LogP contribution is 2.42. The Morgan fingerprint density at radius 2 is 1.93 bits per heavy atom. The van der Waals surface area contributed by atoms with Crippen molar-refractivity contribution < 1.29 is 36.9 Å². The van der Waals surface area contributed by atoms with Gasteiger partial charge in [-0.3, -0.25) is 4.79 Å². The molecule has 2 N–H and O–H groups in total. The van der Waals surface area contributed by atoms with Crippen LogP contribution in [0.4, 0.5) is 23.4 Å². The zero-order valence-corrected chi connectivity index (χ0v) is 23.1. The summed E-state index contributed by atoms with van der Waals surface area (Å²) in [7, 11) is 2.96. The molecular weight excluding hydrogens is 532 g/mol. The van der Waals surface area contributed by atoms with E-state index in [4.69, 9.17) is 9.47 Å². The van der Waals surface area contributed by atoms with Gasteiger partial charge in [-0.15, -0.1) is 0 Å². The molecule has 1 saturated heterocycles. The average Bonchev–Trinajstić information content (AvgIpc) is 3.19. The number of anilines is 1. The lowest BCUT2D eigenvalue weighted by Crippen LogP contribution is -2.41. The van der Waals surface area contributed by atoms with E-state index in [1.807, 2.05) is 0 Å². The van der Waals surface area contributed by atoms with Gasteiger partial charge < -0.3 is 24.8 Å². The second-order valence-corrected chi connectivity index (χ2v) is 10.5. The Morgan fingerprint density at radius 3 is 2.52 bits per heavy atom. The molecule has 1 fully saturated rings. The molecule has 2 heterocycles. The van der Waals surface area contributed by atoms with E-state index in [0.29, 0.717) is 12.8 Å². The third-order valence-electron chi connectivity index (χ3n) is 7.19. The topological polar surface area (TPSA) is 96.8 Å². The predicted octanol–water partition coefficient (Wildman–Crippen LogP) is 5.26. The van der Waals surface area contributed by atoms with Gasteiger partial charge in [0, 0.05) is 24.4 Å². The van der Waals surface area contributed by atoms with Gasteiger partial charge in [-0.25, -0.2) is 18.7 Å². The number of aromatic nitrogens is 2. The van der Waals surface area contributed by atoms with E-state index in [9.17, 15) is 18.7 Å². The first kappa shape index (κ1) is 29.3. The predicted molar refractivity (Wildman–Crippen MR) is 141 cm³/mol. The minimum absolute atomic E-state index is 0.00813. The first-order valence-corrected chi connectivity index (χ1v) is 12.8. The van der Waals surface area contributed by atoms with Crippen LogP contribution in [0.2, 0.25) is 0 Å². The maximum atomic E-state index is 15.6. The molecule has 1 aromatic heterocycles. The summed E-state index contributed by atoms with van der Waals surface area (Å²) in [4.78, 5) is 22.0. The highest BCUT2D eigenvalue weighted by molar-refractivity contribution is 5.92. The molecule has 8 nitrogen and oxygen atoms in total. The number of nitrogens with zero attached hydrogens (tertiary/aromatic N) is 3. The van der Waals surface area contributed by atoms with Crippen LogP contribution in [0.25, 0.3) is 10.9 Å². The third-order valence-corrected chi connectivity index (χ3v) is 7.19. The standard InChI is InChI=1S/C28H32F4N4O4/c1-14(17-8-7-9-19(22(17)29)28(31,32)27(3,4)38)33-26-18-12-20(40-13-16-10-11-21(37)36(16)5)25(39-6)23(30)24(18)34-15(2)35-26/h7-9,12,14,16,38H,10-11,13H2,1-6H3,(H,33,34,35)/t14-,16+/m1/s1. The average molecular weight is 565 g/mol. The number of hydrogen-bond acceptors (Lipinski definition) is 7. The van der Waals surface area contributed by atoms with Crippen LogP contribution < -0.4 is 14.8 Å². The molecule has 0 aliphatic carbocycles. The molecule has 1 aliphatic rings. The van der Waals surface area contributed by atoms with E-state index in [0.717, 1.165) is 19.9 Å². The summed E-state index contributed by atoms with van der Waals surface area (Å²) in [6.45, 7) is 4.99. The van der Waals surface area contributed by atoms with Crippen LogP contribution in [0.3, 0.4) is 0 Å². The van der Waals surface area contributed by atoms with Crippen LogP contribution in [0, 0.1) is 18.6 Å². The summed E-state index contributed by atoms with van der Waals surface area (Å²) >= 11 is 0. The zero-order valence-electron chi connectivity index (χ0n) is 23.1. The normalized spacial score (nSPS) is 16.9. The van der Waals surface area contributed by atoms with Crippen LogP contribution in [-0.4, -0.2) is 58.3 Å². The van der Waals surface area contributed by atoms with Gasteiger partial charge in [0.1, 0.15) is 35.2 Å². The number of amides is 1. The van der Waals surface area contributed by atoms with Crippen molar-refractivity contribution in [2.45, 2.75) is 64.1 Å². The number of aryl methyl sites for hydroxylation is 1. The number of fused-ring (bicyclic) bond motifs is 1. The fourth-order valence-corrected chi connectivity index (χ4v) is 4.69. The Morgan fingerprint density at radius 1 is 1.23 bits per heavy atom. The summed E-state index contributed by atoms with van der Waals surface area (Å²) < 4.78 is 71.8. The number of halogens is 4. The zero-order chi connectivity index (χ0) is 29.6. The third kappa shape index (κ3) is 5.24. The minimum Gasteiger partial charge on any atom is -0.490 e. The highest BCUT2D eigenvalue weighted by atomic mass is 19.3. The van der Waals surface area contributed by atoms with Crippen LogP contribution >= 0.6 is 0 Å². The van der Waals surface area contributed by atoms with Crippen LogP contribution in [0.15, 0.2) is 24.3 Å². The Labute approximate surface area is 229 Å². The molecule has 4 rings (SSSR count). The Bertz CT molecular complexity index is 1440. The van der Waals surface area contributed by atoms with E-state index >= 15 is 8.78 Å². The fourth-order valence-electron chi connectivity index (χ4n) is 4.69. The summed E-state index contributed by atoms with van der Waals surface area (Å²) in [6, 6.07) is 3.93. The van der Waals surface area contributed by atoms with Crippen molar-refractivity contribution in [1.29, 1.82) is 0 Å². The molecule has 3 aromatic rings. The molecule has 0 bridgehead atoms. The van der Waals surface area contributed by atoms with Crippen molar-refractivity contribution in [2.24, 2.45) is 0 Å². The van der Waals surface area contributed by atoms with Crippen LogP contribution in [-0.2, 0) is 10.7 Å². The highest BCUT2D eigenvalue weighted by Gasteiger charge is 2.49. The van der Waals surface area contributed by atoms with Gasteiger partial charge in [0.15, 0.2) is 17.3 Å². The number of alkyl halides is 2. The second-order valence-electron chi connectivity index (χ2n) is 10.5. The number of ether oxygens (including phenoxy) is 2. The molecule has 2 aromatic carbocycles. The maximum absolute atomic E-state index is 15.6. The fraction of sp³-hybridized carbons (Fsp3) is 0.464. The molecule has 2 atom stereocenters. The van der Waals surface area contributed by atoms with Crippen molar-refractivity contribution >= 4 is 22.6 Å². The quantitative estimate of drug-likeness (QED) is 0.342. The van der Waals surface area contributed by atoms with Gasteiger partial charge in [0.05, 0.1) is 24.8 Å². The van der Waals surface area contributed by atoms with E-state index in [2.05, 4.69) is 15.3 Å². The van der Waals surface area contributed by atoms with E-state index < -0.39 is 34.8 Å². The lowest BCUT2D eigenvalue weighted by molar-refractivity contribution is -0.170. The lowest BCUT2D eigenvalue weighted by atomic mass is 9.91. The Kier molecular flexibility index (Phi) is 7.85. The molecule has 1 amide bonds. The van der Waals surface area contributed by atoms with Crippen LogP contribution in [0.1, 0.15) is 56.6 Å². The number of hydrogen-bond donors (Lipinski definition) is 2. The van der Waals surface area contributed by atoms with Gasteiger partial charge in [-0.1, -0.05) is 12.1 Å². The number of carbonyl (C=O) groups excluding carboxylic acids is 1. The number of carbonyl (C=O) groups is 1. The van der Waals surface area contributed by atoms with Gasteiger partial charge in [-0.2, -0.15) is 8.78 Å². The molecule has 0 spiro atoms. The van der Waals surface area contributed by atoms with Crippen molar-refractivity contribution in [3.63, 3.8) is 0 Å². The molecule has 12 heteroatoms. The SMILES string of the molecule is COc1c(OC[C@@H]2CCC(=O)N2C)cc2c(N[C@H](C)c3cccc(C(F)(F)C(C)(C)O)c3F)nc(C)nc2c1F. The molecule has 40 heavy (non-hydrogen) atoms. The Balaban J connectivity index is 1.73. The van der Waals surface area contributed by atoms with Gasteiger partial charge in [0.2, 0.25) is 5.91 Å². The van der Waals surface area contributed by atoms with Gasteiger partial charge in [0.25, 0.3) is 0 Å². The second kappa shape index (κ2) is 10.7. The molecule has 0 unspecified atom stereocenters. The summed E-state index contributed by atoms with van der Waals surface area (Å²) in [5.41, 5.74) is -3.64. The van der Waals surface area contributed by atoms with Crippen molar-refractivity contribution in [3.8, 4) is 11.5 Å². The summed E-state index contributed by atoms with van der Waals surface area (Å²) in [5.74, 6) is -5.66. The van der Waals surface area contributed by atoms with Crippen molar-refractivity contribution in [2.75, 3.05) is 26.1 Å². The first-order valence-electron chi connectivity index (χ1n) is 12.8. The van der Waals surface area contributed by atoms with E-state index in [1.54, 1.807) is 18.9 Å².